The number of benzene rings is 1. The highest BCUT2D eigenvalue weighted by Gasteiger charge is 2.27. The molecular weight excluding hydrogens is 324 g/mol. The summed E-state index contributed by atoms with van der Waals surface area (Å²) in [6, 6.07) is 11.6. The summed E-state index contributed by atoms with van der Waals surface area (Å²) in [5.74, 6) is -0.0352. The van der Waals surface area contributed by atoms with Crippen LogP contribution in [0.4, 0.5) is 5.69 Å². The maximum Gasteiger partial charge on any atom is 0.274 e. The largest absolute Gasteiger partial charge is 0.383 e. The van der Waals surface area contributed by atoms with Crippen LogP contribution in [0.2, 0.25) is 5.02 Å². The third kappa shape index (κ3) is 3.68. The molecule has 0 aliphatic carbocycles. The lowest BCUT2D eigenvalue weighted by Gasteiger charge is -2.34. The Morgan fingerprint density at radius 3 is 2.92 bits per heavy atom. The molecule has 5 nitrogen and oxygen atoms in total. The summed E-state index contributed by atoms with van der Waals surface area (Å²) in [6.07, 6.45) is 1.66. The third-order valence-corrected chi connectivity index (χ3v) is 4.36. The number of nitrogens with zero attached hydrogens (tertiary/aromatic N) is 2. The first kappa shape index (κ1) is 16.7. The topological polar surface area (TPSA) is 57.3 Å². The first-order chi connectivity index (χ1) is 11.7. The monoisotopic (exact) mass is 344 g/mol. The molecular formula is C18H21ClN4O. The van der Waals surface area contributed by atoms with E-state index in [2.05, 4.69) is 15.6 Å². The fourth-order valence-electron chi connectivity index (χ4n) is 2.91. The van der Waals surface area contributed by atoms with Crippen molar-refractivity contribution in [2.24, 2.45) is 0 Å². The molecule has 2 aromatic rings. The fourth-order valence-corrected chi connectivity index (χ4v) is 3.04. The van der Waals surface area contributed by atoms with Gasteiger partial charge in [-0.3, -0.25) is 4.79 Å². The van der Waals surface area contributed by atoms with Gasteiger partial charge in [0.15, 0.2) is 5.69 Å². The predicted molar refractivity (Wildman–Crippen MR) is 96.5 cm³/mol. The van der Waals surface area contributed by atoms with Gasteiger partial charge in [0.2, 0.25) is 0 Å². The molecule has 0 saturated carbocycles. The number of hydrogen-bond donors (Lipinski definition) is 2. The summed E-state index contributed by atoms with van der Waals surface area (Å²) in [7, 11) is 0. The van der Waals surface area contributed by atoms with Crippen molar-refractivity contribution in [2.75, 3.05) is 31.5 Å². The smallest absolute Gasteiger partial charge is 0.274 e. The average Bonchev–Trinajstić information content (AvgIpc) is 2.63. The molecule has 0 bridgehead atoms. The van der Waals surface area contributed by atoms with Crippen molar-refractivity contribution in [3.63, 3.8) is 0 Å². The molecule has 1 amide bonds. The average molecular weight is 345 g/mol. The number of amides is 1. The first-order valence-electron chi connectivity index (χ1n) is 8.16. The zero-order valence-corrected chi connectivity index (χ0v) is 14.4. The molecule has 2 heterocycles. The highest BCUT2D eigenvalue weighted by Crippen LogP contribution is 2.22. The molecule has 1 unspecified atom stereocenters. The van der Waals surface area contributed by atoms with E-state index in [1.165, 1.54) is 0 Å². The Kier molecular flexibility index (Phi) is 5.33. The Balaban J connectivity index is 1.77. The zero-order valence-electron chi connectivity index (χ0n) is 13.6. The molecule has 0 spiro atoms. The highest BCUT2D eigenvalue weighted by molar-refractivity contribution is 6.30. The van der Waals surface area contributed by atoms with E-state index in [1.54, 1.807) is 6.20 Å². The first-order valence-corrected chi connectivity index (χ1v) is 8.54. The number of nitrogens with one attached hydrogen (secondary N) is 2. The van der Waals surface area contributed by atoms with Crippen molar-refractivity contribution in [1.29, 1.82) is 0 Å². The number of rotatable bonds is 4. The standard InChI is InChI=1S/C18H21ClN4O/c1-2-20-15-4-3-9-22-17(15)18(24)23-11-10-21-16(12-23)13-5-7-14(19)8-6-13/h3-9,16,20-21H,2,10-12H2,1H3. The molecule has 1 aliphatic heterocycles. The quantitative estimate of drug-likeness (QED) is 0.895. The zero-order chi connectivity index (χ0) is 16.9. The predicted octanol–water partition coefficient (Wildman–Crippen LogP) is 2.95. The van der Waals surface area contributed by atoms with Crippen LogP contribution in [-0.2, 0) is 0 Å². The van der Waals surface area contributed by atoms with E-state index in [-0.39, 0.29) is 11.9 Å². The SMILES string of the molecule is CCNc1cccnc1C(=O)N1CCNC(c2ccc(Cl)cc2)C1. The van der Waals surface area contributed by atoms with Crippen LogP contribution in [0, 0.1) is 0 Å². The second-order valence-corrected chi connectivity index (χ2v) is 6.18. The second-order valence-electron chi connectivity index (χ2n) is 5.74. The van der Waals surface area contributed by atoms with E-state index in [9.17, 15) is 4.79 Å². The van der Waals surface area contributed by atoms with Crippen LogP contribution in [0.5, 0.6) is 0 Å². The minimum absolute atomic E-state index is 0.0352. The second kappa shape index (κ2) is 7.64. The number of hydrogen-bond acceptors (Lipinski definition) is 4. The summed E-state index contributed by atoms with van der Waals surface area (Å²) in [5, 5.41) is 7.38. The van der Waals surface area contributed by atoms with Gasteiger partial charge in [-0.2, -0.15) is 0 Å². The van der Waals surface area contributed by atoms with E-state index in [0.717, 1.165) is 24.3 Å². The van der Waals surface area contributed by atoms with Crippen LogP contribution in [0.25, 0.3) is 0 Å². The van der Waals surface area contributed by atoms with Crippen molar-refractivity contribution in [2.45, 2.75) is 13.0 Å². The van der Waals surface area contributed by atoms with Crippen molar-refractivity contribution >= 4 is 23.2 Å². The molecule has 1 aromatic carbocycles. The Bertz CT molecular complexity index is 704. The van der Waals surface area contributed by atoms with Gasteiger partial charge < -0.3 is 15.5 Å². The summed E-state index contributed by atoms with van der Waals surface area (Å²) >= 11 is 5.96. The maximum atomic E-state index is 12.9. The van der Waals surface area contributed by atoms with Crippen LogP contribution < -0.4 is 10.6 Å². The van der Waals surface area contributed by atoms with Crippen molar-refractivity contribution in [1.82, 2.24) is 15.2 Å². The molecule has 1 aromatic heterocycles. The van der Waals surface area contributed by atoms with Gasteiger partial charge in [-0.25, -0.2) is 4.98 Å². The van der Waals surface area contributed by atoms with Gasteiger partial charge >= 0.3 is 0 Å². The number of carbonyl (C=O) groups excluding carboxylic acids is 1. The van der Waals surface area contributed by atoms with Crippen LogP contribution >= 0.6 is 11.6 Å². The molecule has 6 heteroatoms. The lowest BCUT2D eigenvalue weighted by molar-refractivity contribution is 0.0698. The Labute approximate surface area is 147 Å². The normalized spacial score (nSPS) is 17.6. The molecule has 3 rings (SSSR count). The third-order valence-electron chi connectivity index (χ3n) is 4.11. The summed E-state index contributed by atoms with van der Waals surface area (Å²) < 4.78 is 0. The number of aromatic nitrogens is 1. The van der Waals surface area contributed by atoms with E-state index >= 15 is 0 Å². The van der Waals surface area contributed by atoms with Gasteiger partial charge in [0.05, 0.1) is 5.69 Å². The van der Waals surface area contributed by atoms with Gasteiger partial charge in [0.1, 0.15) is 0 Å². The van der Waals surface area contributed by atoms with E-state index in [0.29, 0.717) is 23.8 Å². The number of pyridine rings is 1. The summed E-state index contributed by atoms with van der Waals surface area (Å²) in [6.45, 7) is 4.79. The van der Waals surface area contributed by atoms with Crippen LogP contribution in [-0.4, -0.2) is 42.0 Å². The molecule has 126 valence electrons. The van der Waals surface area contributed by atoms with Crippen molar-refractivity contribution in [3.05, 3.63) is 58.9 Å². The highest BCUT2D eigenvalue weighted by atomic mass is 35.5. The van der Waals surface area contributed by atoms with E-state index < -0.39 is 0 Å². The van der Waals surface area contributed by atoms with Gasteiger partial charge in [0, 0.05) is 43.4 Å². The lowest BCUT2D eigenvalue weighted by atomic mass is 10.0. The molecule has 1 saturated heterocycles. The Hall–Kier alpha value is -2.11. The number of piperazine rings is 1. The summed E-state index contributed by atoms with van der Waals surface area (Å²) in [4.78, 5) is 19.1. The molecule has 1 fully saturated rings. The van der Waals surface area contributed by atoms with Gasteiger partial charge in [0.25, 0.3) is 5.91 Å². The summed E-state index contributed by atoms with van der Waals surface area (Å²) in [5.41, 5.74) is 2.40. The van der Waals surface area contributed by atoms with Gasteiger partial charge in [-0.15, -0.1) is 0 Å². The van der Waals surface area contributed by atoms with Gasteiger partial charge in [-0.05, 0) is 36.8 Å². The molecule has 1 aliphatic rings. The van der Waals surface area contributed by atoms with E-state index in [4.69, 9.17) is 11.6 Å². The minimum atomic E-state index is -0.0352. The van der Waals surface area contributed by atoms with Crippen LogP contribution in [0.3, 0.4) is 0 Å². The Morgan fingerprint density at radius 2 is 2.17 bits per heavy atom. The molecule has 1 atom stereocenters. The Morgan fingerprint density at radius 1 is 1.38 bits per heavy atom. The van der Waals surface area contributed by atoms with Crippen molar-refractivity contribution in [3.8, 4) is 0 Å². The number of halogens is 1. The molecule has 2 N–H and O–H groups in total. The number of anilines is 1. The molecule has 24 heavy (non-hydrogen) atoms. The van der Waals surface area contributed by atoms with E-state index in [1.807, 2.05) is 48.2 Å². The fraction of sp³-hybridized carbons (Fsp3) is 0.333. The number of carbonyl (C=O) groups is 1. The maximum absolute atomic E-state index is 12.9. The van der Waals surface area contributed by atoms with Crippen molar-refractivity contribution < 1.29 is 4.79 Å². The lowest BCUT2D eigenvalue weighted by Crippen LogP contribution is -2.48. The molecule has 0 radical (unpaired) electrons. The van der Waals surface area contributed by atoms with Gasteiger partial charge in [-0.1, -0.05) is 23.7 Å². The minimum Gasteiger partial charge on any atom is -0.383 e. The van der Waals surface area contributed by atoms with Crippen LogP contribution in [0.1, 0.15) is 29.0 Å². The van der Waals surface area contributed by atoms with Crippen LogP contribution in [0.15, 0.2) is 42.6 Å².